The molecular weight excluding hydrogens is 162 g/mol. The minimum Gasteiger partial charge on any atom is -0.371 e. The van der Waals surface area contributed by atoms with Crippen molar-refractivity contribution in [2.45, 2.75) is 6.42 Å². The van der Waals surface area contributed by atoms with E-state index in [1.165, 1.54) is 25.2 Å². The number of fused-ring (bicyclic) bond motifs is 1. The van der Waals surface area contributed by atoms with Crippen LogP contribution < -0.4 is 4.90 Å². The minimum atomic E-state index is 1.03. The van der Waals surface area contributed by atoms with E-state index in [0.29, 0.717) is 0 Å². The topological polar surface area (TPSA) is 20.5 Å². The van der Waals surface area contributed by atoms with Crippen molar-refractivity contribution >= 4 is 11.3 Å². The molecule has 1 aliphatic rings. The minimum absolute atomic E-state index is 1.03. The maximum Gasteiger partial charge on any atom is 0.138 e. The lowest BCUT2D eigenvalue weighted by Gasteiger charge is -2.33. The van der Waals surface area contributed by atoms with Crippen molar-refractivity contribution in [3.8, 4) is 0 Å². The average Bonchev–Trinajstić information content (AvgIpc) is 2.47. The van der Waals surface area contributed by atoms with Gasteiger partial charge in [-0.25, -0.2) is 4.98 Å². The summed E-state index contributed by atoms with van der Waals surface area (Å²) >= 11 is 0. The van der Waals surface area contributed by atoms with Crippen LogP contribution in [0.1, 0.15) is 6.42 Å². The molecular formula is C10H11N3. The summed E-state index contributed by atoms with van der Waals surface area (Å²) in [7, 11) is 0. The van der Waals surface area contributed by atoms with Crippen LogP contribution in [0, 0.1) is 0 Å². The second-order valence-corrected chi connectivity index (χ2v) is 3.42. The van der Waals surface area contributed by atoms with E-state index in [0.717, 1.165) is 5.65 Å². The monoisotopic (exact) mass is 173 g/mol. The average molecular weight is 173 g/mol. The highest BCUT2D eigenvalue weighted by Crippen LogP contribution is 2.21. The van der Waals surface area contributed by atoms with Crippen LogP contribution in [0.3, 0.4) is 0 Å². The number of rotatable bonds is 1. The van der Waals surface area contributed by atoms with Gasteiger partial charge in [-0.2, -0.15) is 0 Å². The summed E-state index contributed by atoms with van der Waals surface area (Å²) in [5.41, 5.74) is 2.33. The lowest BCUT2D eigenvalue weighted by atomic mass is 10.2. The summed E-state index contributed by atoms with van der Waals surface area (Å²) in [6.07, 6.45) is 7.18. The Hall–Kier alpha value is -1.51. The molecule has 3 heterocycles. The number of aromatic nitrogens is 2. The molecule has 0 spiro atoms. The van der Waals surface area contributed by atoms with E-state index < -0.39 is 0 Å². The third-order valence-electron chi connectivity index (χ3n) is 2.60. The molecule has 0 aromatic carbocycles. The summed E-state index contributed by atoms with van der Waals surface area (Å²) in [5, 5.41) is 0. The van der Waals surface area contributed by atoms with E-state index in [4.69, 9.17) is 0 Å². The van der Waals surface area contributed by atoms with Gasteiger partial charge in [0.25, 0.3) is 0 Å². The largest absolute Gasteiger partial charge is 0.371 e. The first-order chi connectivity index (χ1) is 6.43. The number of nitrogens with zero attached hydrogens (tertiary/aromatic N) is 3. The van der Waals surface area contributed by atoms with Gasteiger partial charge in [0.2, 0.25) is 0 Å². The lowest BCUT2D eigenvalue weighted by Crippen LogP contribution is -2.36. The van der Waals surface area contributed by atoms with Crippen LogP contribution in [0.25, 0.3) is 5.65 Å². The van der Waals surface area contributed by atoms with Crippen LogP contribution in [0.4, 0.5) is 5.69 Å². The maximum atomic E-state index is 4.26. The van der Waals surface area contributed by atoms with Gasteiger partial charge in [-0.3, -0.25) is 0 Å². The van der Waals surface area contributed by atoms with Crippen molar-refractivity contribution in [3.05, 3.63) is 30.7 Å². The quantitative estimate of drug-likeness (QED) is 0.652. The summed E-state index contributed by atoms with van der Waals surface area (Å²) < 4.78 is 2.03. The van der Waals surface area contributed by atoms with Gasteiger partial charge in [0.05, 0.1) is 0 Å². The standard InChI is InChI=1S/C10H11N3/c1-4-12(5-1)9-2-6-13-7-3-11-10(13)8-9/h2-3,6-8H,1,4-5H2. The van der Waals surface area contributed by atoms with Crippen molar-refractivity contribution in [1.29, 1.82) is 0 Å². The first kappa shape index (κ1) is 6.95. The van der Waals surface area contributed by atoms with Gasteiger partial charge in [0.15, 0.2) is 0 Å². The highest BCUT2D eigenvalue weighted by Gasteiger charge is 2.14. The molecule has 3 nitrogen and oxygen atoms in total. The van der Waals surface area contributed by atoms with Gasteiger partial charge < -0.3 is 9.30 Å². The zero-order valence-electron chi connectivity index (χ0n) is 7.35. The molecule has 1 saturated heterocycles. The zero-order chi connectivity index (χ0) is 8.67. The normalized spacial score (nSPS) is 16.2. The number of hydrogen-bond donors (Lipinski definition) is 0. The van der Waals surface area contributed by atoms with E-state index in [-0.39, 0.29) is 0 Å². The smallest absolute Gasteiger partial charge is 0.138 e. The van der Waals surface area contributed by atoms with Gasteiger partial charge in [-0.1, -0.05) is 0 Å². The number of pyridine rings is 1. The van der Waals surface area contributed by atoms with E-state index >= 15 is 0 Å². The van der Waals surface area contributed by atoms with Crippen LogP contribution in [0.5, 0.6) is 0 Å². The van der Waals surface area contributed by atoms with Crippen LogP contribution in [-0.4, -0.2) is 22.5 Å². The van der Waals surface area contributed by atoms with Gasteiger partial charge in [-0.15, -0.1) is 0 Å². The van der Waals surface area contributed by atoms with Crippen molar-refractivity contribution in [2.24, 2.45) is 0 Å². The second-order valence-electron chi connectivity index (χ2n) is 3.42. The Bertz CT molecular complexity index is 428. The summed E-state index contributed by atoms with van der Waals surface area (Å²) in [5.74, 6) is 0. The Balaban J connectivity index is 2.09. The second kappa shape index (κ2) is 2.49. The third-order valence-corrected chi connectivity index (χ3v) is 2.60. The lowest BCUT2D eigenvalue weighted by molar-refractivity contribution is 0.617. The fourth-order valence-corrected chi connectivity index (χ4v) is 1.67. The fourth-order valence-electron chi connectivity index (χ4n) is 1.67. The molecule has 1 aliphatic heterocycles. The molecule has 0 unspecified atom stereocenters. The highest BCUT2D eigenvalue weighted by atomic mass is 15.2. The van der Waals surface area contributed by atoms with Gasteiger partial charge in [-0.05, 0) is 12.5 Å². The summed E-state index contributed by atoms with van der Waals surface area (Å²) in [4.78, 5) is 6.63. The van der Waals surface area contributed by atoms with E-state index in [9.17, 15) is 0 Å². The molecule has 66 valence electrons. The molecule has 2 aromatic rings. The third kappa shape index (κ3) is 1.00. The first-order valence-electron chi connectivity index (χ1n) is 4.61. The molecule has 3 rings (SSSR count). The molecule has 0 amide bonds. The number of anilines is 1. The predicted octanol–water partition coefficient (Wildman–Crippen LogP) is 1.54. The van der Waals surface area contributed by atoms with Crippen molar-refractivity contribution in [1.82, 2.24) is 9.38 Å². The van der Waals surface area contributed by atoms with Gasteiger partial charge >= 0.3 is 0 Å². The molecule has 0 bridgehead atoms. The summed E-state index contributed by atoms with van der Waals surface area (Å²) in [6, 6.07) is 4.28. The van der Waals surface area contributed by atoms with Gasteiger partial charge in [0, 0.05) is 43.4 Å². The molecule has 0 atom stereocenters. The molecule has 0 saturated carbocycles. The van der Waals surface area contributed by atoms with E-state index in [1.807, 2.05) is 16.8 Å². The molecule has 3 heteroatoms. The van der Waals surface area contributed by atoms with Crippen LogP contribution in [0.2, 0.25) is 0 Å². The SMILES string of the molecule is c1cn2ccc(N3CCC3)cc2n1. The van der Waals surface area contributed by atoms with E-state index in [1.54, 1.807) is 0 Å². The van der Waals surface area contributed by atoms with Crippen LogP contribution >= 0.6 is 0 Å². The van der Waals surface area contributed by atoms with Crippen LogP contribution in [-0.2, 0) is 0 Å². The van der Waals surface area contributed by atoms with Crippen molar-refractivity contribution in [2.75, 3.05) is 18.0 Å². The van der Waals surface area contributed by atoms with E-state index in [2.05, 4.69) is 28.2 Å². The molecule has 13 heavy (non-hydrogen) atoms. The Morgan fingerprint density at radius 2 is 2.15 bits per heavy atom. The molecule has 0 radical (unpaired) electrons. The number of hydrogen-bond acceptors (Lipinski definition) is 2. The zero-order valence-corrected chi connectivity index (χ0v) is 7.35. The Labute approximate surface area is 76.6 Å². The predicted molar refractivity (Wildman–Crippen MR) is 52.0 cm³/mol. The van der Waals surface area contributed by atoms with Crippen molar-refractivity contribution < 1.29 is 0 Å². The molecule has 1 fully saturated rings. The maximum absolute atomic E-state index is 4.26. The first-order valence-corrected chi connectivity index (χ1v) is 4.61. The summed E-state index contributed by atoms with van der Waals surface area (Å²) in [6.45, 7) is 2.38. The fraction of sp³-hybridized carbons (Fsp3) is 0.300. The highest BCUT2D eigenvalue weighted by molar-refractivity contribution is 5.57. The Morgan fingerprint density at radius 1 is 1.23 bits per heavy atom. The number of imidazole rings is 1. The Morgan fingerprint density at radius 3 is 2.92 bits per heavy atom. The van der Waals surface area contributed by atoms with Crippen molar-refractivity contribution in [3.63, 3.8) is 0 Å². The molecule has 2 aromatic heterocycles. The van der Waals surface area contributed by atoms with Gasteiger partial charge in [0.1, 0.15) is 5.65 Å². The molecule has 0 N–H and O–H groups in total. The Kier molecular flexibility index (Phi) is 1.33. The van der Waals surface area contributed by atoms with Crippen LogP contribution in [0.15, 0.2) is 30.7 Å². The molecule has 0 aliphatic carbocycles.